The summed E-state index contributed by atoms with van der Waals surface area (Å²) < 4.78 is 23.5. The standard InChI is InChI=1S/C13H18ClNO4S/c1-8(2)12(9(3)14)10-6-5-7-11(20(4,18)19)13(10)15(16)17/h5-9,12H,1-4H3. The third kappa shape index (κ3) is 3.49. The van der Waals surface area contributed by atoms with Crippen molar-refractivity contribution in [2.75, 3.05) is 6.26 Å². The summed E-state index contributed by atoms with van der Waals surface area (Å²) in [5.74, 6) is -0.241. The van der Waals surface area contributed by atoms with Crippen molar-refractivity contribution in [3.05, 3.63) is 33.9 Å². The van der Waals surface area contributed by atoms with E-state index in [9.17, 15) is 18.5 Å². The molecule has 1 aromatic rings. The van der Waals surface area contributed by atoms with Crippen LogP contribution in [0.3, 0.4) is 0 Å². The van der Waals surface area contributed by atoms with Crippen molar-refractivity contribution in [2.45, 2.75) is 37.0 Å². The van der Waals surface area contributed by atoms with Crippen molar-refractivity contribution in [2.24, 2.45) is 5.92 Å². The Labute approximate surface area is 124 Å². The Morgan fingerprint density at radius 2 is 1.80 bits per heavy atom. The Hall–Kier alpha value is -1.14. The van der Waals surface area contributed by atoms with Gasteiger partial charge in [-0.3, -0.25) is 10.1 Å². The number of hydrogen-bond acceptors (Lipinski definition) is 4. The largest absolute Gasteiger partial charge is 0.291 e. The fraction of sp³-hybridized carbons (Fsp3) is 0.538. The molecular formula is C13H18ClNO4S. The minimum atomic E-state index is -3.67. The summed E-state index contributed by atoms with van der Waals surface area (Å²) in [6.07, 6.45) is 0.966. The molecule has 0 saturated heterocycles. The van der Waals surface area contributed by atoms with E-state index in [1.807, 2.05) is 13.8 Å². The molecule has 0 spiro atoms. The van der Waals surface area contributed by atoms with Gasteiger partial charge < -0.3 is 0 Å². The Morgan fingerprint density at radius 1 is 1.25 bits per heavy atom. The fourth-order valence-electron chi connectivity index (χ4n) is 2.44. The number of nitro benzene ring substituents is 1. The van der Waals surface area contributed by atoms with Crippen LogP contribution in [0.1, 0.15) is 32.3 Å². The molecule has 1 aromatic carbocycles. The van der Waals surface area contributed by atoms with Crippen LogP contribution in [-0.4, -0.2) is 25.0 Å². The van der Waals surface area contributed by atoms with Crippen molar-refractivity contribution in [1.82, 2.24) is 0 Å². The van der Waals surface area contributed by atoms with E-state index in [1.54, 1.807) is 13.0 Å². The van der Waals surface area contributed by atoms with Gasteiger partial charge in [0.05, 0.1) is 4.92 Å². The summed E-state index contributed by atoms with van der Waals surface area (Å²) in [5, 5.41) is 11.0. The number of nitro groups is 1. The SMILES string of the molecule is CC(C)C(c1cccc(S(C)(=O)=O)c1[N+](=O)[O-])C(C)Cl. The molecule has 20 heavy (non-hydrogen) atoms. The van der Waals surface area contributed by atoms with Crippen LogP contribution in [0.4, 0.5) is 5.69 Å². The molecule has 5 nitrogen and oxygen atoms in total. The summed E-state index contributed by atoms with van der Waals surface area (Å²) in [4.78, 5) is 10.4. The highest BCUT2D eigenvalue weighted by molar-refractivity contribution is 7.90. The smallest absolute Gasteiger partial charge is 0.258 e. The number of nitrogens with zero attached hydrogens (tertiary/aromatic N) is 1. The molecule has 2 unspecified atom stereocenters. The van der Waals surface area contributed by atoms with Crippen LogP contribution < -0.4 is 0 Å². The summed E-state index contributed by atoms with van der Waals surface area (Å²) in [6, 6.07) is 4.36. The van der Waals surface area contributed by atoms with Gasteiger partial charge in [0.15, 0.2) is 9.84 Å². The van der Waals surface area contributed by atoms with E-state index in [1.165, 1.54) is 12.1 Å². The average Bonchev–Trinajstić information content (AvgIpc) is 2.26. The van der Waals surface area contributed by atoms with Gasteiger partial charge in [-0.1, -0.05) is 26.0 Å². The molecule has 2 atom stereocenters. The van der Waals surface area contributed by atoms with Crippen molar-refractivity contribution in [3.8, 4) is 0 Å². The molecular weight excluding hydrogens is 302 g/mol. The normalized spacial score (nSPS) is 15.1. The van der Waals surface area contributed by atoms with Gasteiger partial charge in [0, 0.05) is 23.1 Å². The van der Waals surface area contributed by atoms with E-state index in [0.29, 0.717) is 5.56 Å². The topological polar surface area (TPSA) is 77.3 Å². The molecule has 112 valence electrons. The summed E-state index contributed by atoms with van der Waals surface area (Å²) in [7, 11) is -3.67. The van der Waals surface area contributed by atoms with Crippen molar-refractivity contribution in [3.63, 3.8) is 0 Å². The molecule has 0 aromatic heterocycles. The van der Waals surface area contributed by atoms with Crippen molar-refractivity contribution in [1.29, 1.82) is 0 Å². The third-order valence-corrected chi connectivity index (χ3v) is 4.58. The molecule has 0 aliphatic heterocycles. The quantitative estimate of drug-likeness (QED) is 0.473. The molecule has 0 N–H and O–H groups in total. The first-order valence-corrected chi connectivity index (χ1v) is 8.51. The number of sulfone groups is 1. The van der Waals surface area contributed by atoms with Crippen LogP contribution in [0.15, 0.2) is 23.1 Å². The van der Waals surface area contributed by atoms with Crippen LogP contribution in [0.2, 0.25) is 0 Å². The number of hydrogen-bond donors (Lipinski definition) is 0. The van der Waals surface area contributed by atoms with Gasteiger partial charge >= 0.3 is 0 Å². The zero-order valence-corrected chi connectivity index (χ0v) is 13.4. The third-order valence-electron chi connectivity index (χ3n) is 3.18. The number of rotatable bonds is 5. The fourth-order valence-corrected chi connectivity index (χ4v) is 3.74. The Bertz CT molecular complexity index is 603. The highest BCUT2D eigenvalue weighted by atomic mass is 35.5. The van der Waals surface area contributed by atoms with Gasteiger partial charge in [0.1, 0.15) is 4.90 Å². The summed E-state index contributed by atoms with van der Waals surface area (Å²) in [5.41, 5.74) is 0.0108. The maximum absolute atomic E-state index is 11.7. The first kappa shape index (κ1) is 16.9. The molecule has 0 bridgehead atoms. The van der Waals surface area contributed by atoms with Crippen LogP contribution in [0.25, 0.3) is 0 Å². The molecule has 0 amide bonds. The first-order chi connectivity index (χ1) is 9.07. The Balaban J connectivity index is 3.68. The number of para-hydroxylation sites is 1. The predicted molar refractivity (Wildman–Crippen MR) is 79.1 cm³/mol. The molecule has 0 aliphatic carbocycles. The maximum Gasteiger partial charge on any atom is 0.291 e. The van der Waals surface area contributed by atoms with E-state index >= 15 is 0 Å². The number of benzene rings is 1. The zero-order valence-electron chi connectivity index (χ0n) is 11.8. The van der Waals surface area contributed by atoms with Crippen LogP contribution in [0, 0.1) is 16.0 Å². The minimum absolute atomic E-state index is 0.0519. The van der Waals surface area contributed by atoms with E-state index < -0.39 is 14.8 Å². The lowest BCUT2D eigenvalue weighted by Crippen LogP contribution is -2.18. The second-order valence-electron chi connectivity index (χ2n) is 5.17. The summed E-state index contributed by atoms with van der Waals surface area (Å²) >= 11 is 6.14. The maximum atomic E-state index is 11.7. The number of alkyl halides is 1. The van der Waals surface area contributed by atoms with Gasteiger partial charge in [0.2, 0.25) is 0 Å². The second kappa shape index (κ2) is 6.10. The number of halogens is 1. The van der Waals surface area contributed by atoms with Crippen molar-refractivity contribution < 1.29 is 13.3 Å². The second-order valence-corrected chi connectivity index (χ2v) is 7.84. The van der Waals surface area contributed by atoms with Crippen molar-refractivity contribution >= 4 is 27.1 Å². The van der Waals surface area contributed by atoms with Gasteiger partial charge in [-0.25, -0.2) is 8.42 Å². The highest BCUT2D eigenvalue weighted by Gasteiger charge is 2.33. The molecule has 0 fully saturated rings. The molecule has 0 saturated carbocycles. The molecule has 7 heteroatoms. The van der Waals surface area contributed by atoms with Gasteiger partial charge in [-0.15, -0.1) is 11.6 Å². The predicted octanol–water partition coefficient (Wildman–Crippen LogP) is 3.37. The Kier molecular flexibility index (Phi) is 5.15. The first-order valence-electron chi connectivity index (χ1n) is 6.18. The lowest BCUT2D eigenvalue weighted by atomic mass is 9.85. The minimum Gasteiger partial charge on any atom is -0.258 e. The lowest BCUT2D eigenvalue weighted by Gasteiger charge is -2.24. The molecule has 0 aliphatic rings. The van der Waals surface area contributed by atoms with Crippen LogP contribution in [-0.2, 0) is 9.84 Å². The molecule has 0 radical (unpaired) electrons. The van der Waals surface area contributed by atoms with Gasteiger partial charge in [-0.2, -0.15) is 0 Å². The van der Waals surface area contributed by atoms with E-state index in [4.69, 9.17) is 11.6 Å². The molecule has 1 rings (SSSR count). The van der Waals surface area contributed by atoms with E-state index in [2.05, 4.69) is 0 Å². The monoisotopic (exact) mass is 319 g/mol. The van der Waals surface area contributed by atoms with Crippen LogP contribution >= 0.6 is 11.6 Å². The van der Waals surface area contributed by atoms with Crippen LogP contribution in [0.5, 0.6) is 0 Å². The Morgan fingerprint density at radius 3 is 2.15 bits per heavy atom. The molecule has 0 heterocycles. The summed E-state index contributed by atoms with van der Waals surface area (Å²) in [6.45, 7) is 5.56. The van der Waals surface area contributed by atoms with E-state index in [0.717, 1.165) is 6.26 Å². The lowest BCUT2D eigenvalue weighted by molar-refractivity contribution is -0.388. The van der Waals surface area contributed by atoms with E-state index in [-0.39, 0.29) is 27.8 Å². The average molecular weight is 320 g/mol. The zero-order chi connectivity index (χ0) is 15.7. The van der Waals surface area contributed by atoms with Gasteiger partial charge in [-0.05, 0) is 18.9 Å². The highest BCUT2D eigenvalue weighted by Crippen LogP contribution is 2.39. The van der Waals surface area contributed by atoms with Gasteiger partial charge in [0.25, 0.3) is 5.69 Å².